The highest BCUT2D eigenvalue weighted by atomic mass is 32.2. The molecule has 27 heavy (non-hydrogen) atoms. The minimum Gasteiger partial charge on any atom is -0.391 e. The normalized spacial score (nSPS) is 43.1. The highest BCUT2D eigenvalue weighted by Gasteiger charge is 2.53. The van der Waals surface area contributed by atoms with Gasteiger partial charge in [0.05, 0.1) is 24.8 Å². The van der Waals surface area contributed by atoms with Crippen LogP contribution < -0.4 is 4.72 Å². The van der Waals surface area contributed by atoms with Gasteiger partial charge in [-0.05, 0) is 62.2 Å². The summed E-state index contributed by atoms with van der Waals surface area (Å²) >= 11 is 0. The number of carbonyl (C=O) groups is 1. The third-order valence-corrected chi connectivity index (χ3v) is 8.50. The van der Waals surface area contributed by atoms with E-state index < -0.39 is 41.0 Å². The molecule has 1 amide bonds. The van der Waals surface area contributed by atoms with Crippen LogP contribution in [0.1, 0.15) is 51.9 Å². The number of aliphatic hydroxyl groups is 1. The summed E-state index contributed by atoms with van der Waals surface area (Å²) < 4.78 is 48.3. The highest BCUT2D eigenvalue weighted by Crippen LogP contribution is 2.49. The molecule has 1 aliphatic heterocycles. The second-order valence-electron chi connectivity index (χ2n) is 9.10. The number of nitrogens with one attached hydrogen (secondary N) is 1. The summed E-state index contributed by atoms with van der Waals surface area (Å²) in [6.45, 7) is 2.50. The summed E-state index contributed by atoms with van der Waals surface area (Å²) in [5, 5.41) is 10.4. The Balaban J connectivity index is 1.41. The van der Waals surface area contributed by atoms with Gasteiger partial charge in [0.25, 0.3) is 0 Å². The smallest absolute Gasteiger partial charge is 0.304 e. The van der Waals surface area contributed by atoms with Crippen LogP contribution in [-0.2, 0) is 19.7 Å². The molecule has 4 fully saturated rings. The number of aliphatic hydroxyl groups excluding tert-OH is 1. The van der Waals surface area contributed by atoms with Crippen molar-refractivity contribution in [2.45, 2.75) is 76.3 Å². The number of hydrogen-bond acceptors (Lipinski definition) is 5. The lowest BCUT2D eigenvalue weighted by Crippen LogP contribution is -2.59. The molecule has 4 rings (SSSR count). The molecular weight excluding hydrogens is 375 g/mol. The molecule has 4 aliphatic rings. The molecule has 3 saturated carbocycles. The van der Waals surface area contributed by atoms with Gasteiger partial charge in [-0.1, -0.05) is 6.92 Å². The molecule has 2 N–H and O–H groups in total. The number of alkyl halides is 1. The largest absolute Gasteiger partial charge is 0.391 e. The van der Waals surface area contributed by atoms with Crippen LogP contribution in [0, 0.1) is 17.3 Å². The van der Waals surface area contributed by atoms with Crippen molar-refractivity contribution in [3.63, 3.8) is 0 Å². The topological polar surface area (TPSA) is 95.9 Å². The van der Waals surface area contributed by atoms with Crippen molar-refractivity contribution >= 4 is 16.1 Å². The van der Waals surface area contributed by atoms with Crippen molar-refractivity contribution in [1.29, 1.82) is 0 Å². The molecule has 7 nitrogen and oxygen atoms in total. The molecule has 3 aliphatic carbocycles. The molecule has 6 atom stereocenters. The Bertz CT molecular complexity index is 698. The van der Waals surface area contributed by atoms with Crippen molar-refractivity contribution in [1.82, 2.24) is 9.03 Å². The predicted molar refractivity (Wildman–Crippen MR) is 95.6 cm³/mol. The van der Waals surface area contributed by atoms with Gasteiger partial charge in [-0.15, -0.1) is 0 Å². The second kappa shape index (κ2) is 6.93. The van der Waals surface area contributed by atoms with Crippen LogP contribution in [0.3, 0.4) is 0 Å². The lowest BCUT2D eigenvalue weighted by atomic mass is 9.66. The molecule has 9 heteroatoms. The Hall–Kier alpha value is -0.770. The van der Waals surface area contributed by atoms with Gasteiger partial charge in [0.2, 0.25) is 5.91 Å². The summed E-state index contributed by atoms with van der Waals surface area (Å²) in [5.41, 5.74) is 0.420. The van der Waals surface area contributed by atoms with E-state index >= 15 is 4.39 Å². The molecule has 154 valence electrons. The number of carbonyl (C=O) groups excluding carboxylic acids is 1. The van der Waals surface area contributed by atoms with Gasteiger partial charge in [0.1, 0.15) is 6.17 Å². The van der Waals surface area contributed by atoms with Gasteiger partial charge in [0, 0.05) is 6.61 Å². The Kier molecular flexibility index (Phi) is 5.02. The number of nitrogens with zero attached hydrogens (tertiary/aromatic N) is 1. The number of rotatable bonds is 5. The van der Waals surface area contributed by atoms with Gasteiger partial charge in [-0.2, -0.15) is 12.7 Å². The lowest BCUT2D eigenvalue weighted by Gasteiger charge is -2.47. The first kappa shape index (κ1) is 19.5. The molecular formula is C18H29FN2O5S. The zero-order valence-electron chi connectivity index (χ0n) is 15.6. The van der Waals surface area contributed by atoms with Gasteiger partial charge in [0.15, 0.2) is 0 Å². The zero-order valence-corrected chi connectivity index (χ0v) is 16.5. The van der Waals surface area contributed by atoms with E-state index in [1.165, 1.54) is 12.8 Å². The standard InChI is InChI=1S/C18H29FN2O5S/c1-18(4-5-18)6-7-26-12-3-2-11-8-14(22)17(16(19)13(11)9-12)21-10-15(23)20-27(21,24)25/h11-14,16-17,22H,2-10H2,1H3,(H,20,23). The third kappa shape index (κ3) is 3.88. The lowest BCUT2D eigenvalue weighted by molar-refractivity contribution is -0.120. The Morgan fingerprint density at radius 2 is 2.07 bits per heavy atom. The van der Waals surface area contributed by atoms with Crippen molar-refractivity contribution in [3.8, 4) is 0 Å². The summed E-state index contributed by atoms with van der Waals surface area (Å²) in [5.74, 6) is -1.00. The Labute approximate surface area is 159 Å². The summed E-state index contributed by atoms with van der Waals surface area (Å²) in [6, 6.07) is -1.21. The maximum Gasteiger partial charge on any atom is 0.304 e. The number of halogens is 1. The number of hydrogen-bond donors (Lipinski definition) is 2. The van der Waals surface area contributed by atoms with Crippen LogP contribution in [0.25, 0.3) is 0 Å². The molecule has 0 spiro atoms. The van der Waals surface area contributed by atoms with Crippen molar-refractivity contribution < 1.29 is 27.4 Å². The van der Waals surface area contributed by atoms with E-state index in [2.05, 4.69) is 6.92 Å². The van der Waals surface area contributed by atoms with E-state index in [1.807, 2.05) is 4.72 Å². The summed E-state index contributed by atoms with van der Waals surface area (Å²) in [7, 11) is -4.07. The first-order valence-electron chi connectivity index (χ1n) is 9.95. The first-order chi connectivity index (χ1) is 12.7. The van der Waals surface area contributed by atoms with Crippen molar-refractivity contribution in [2.75, 3.05) is 13.2 Å². The number of amides is 1. The number of fused-ring (bicyclic) bond motifs is 1. The zero-order chi connectivity index (χ0) is 19.4. The predicted octanol–water partition coefficient (Wildman–Crippen LogP) is 1.13. The monoisotopic (exact) mass is 404 g/mol. The second-order valence-corrected chi connectivity index (χ2v) is 10.7. The van der Waals surface area contributed by atoms with Gasteiger partial charge in [-0.3, -0.25) is 4.79 Å². The summed E-state index contributed by atoms with van der Waals surface area (Å²) in [6.07, 6.45) is 3.43. The van der Waals surface area contributed by atoms with E-state index in [4.69, 9.17) is 4.74 Å². The average molecular weight is 405 g/mol. The van der Waals surface area contributed by atoms with Crippen LogP contribution in [-0.4, -0.2) is 61.3 Å². The third-order valence-electron chi connectivity index (χ3n) is 7.02. The SMILES string of the molecule is CC1(CCOC2CCC3CC(O)C(N4CC(=O)NS4(=O)=O)C(F)C3C2)CC1. The van der Waals surface area contributed by atoms with Crippen molar-refractivity contribution in [2.24, 2.45) is 17.3 Å². The van der Waals surface area contributed by atoms with Crippen LogP contribution in [0.5, 0.6) is 0 Å². The molecule has 1 saturated heterocycles. The average Bonchev–Trinajstić information content (AvgIpc) is 3.24. The van der Waals surface area contributed by atoms with Gasteiger partial charge < -0.3 is 9.84 Å². The fraction of sp³-hybridized carbons (Fsp3) is 0.944. The van der Waals surface area contributed by atoms with Crippen LogP contribution >= 0.6 is 0 Å². The fourth-order valence-corrected chi connectivity index (χ4v) is 6.32. The maximum absolute atomic E-state index is 15.4. The fourth-order valence-electron chi connectivity index (χ4n) is 4.99. The molecule has 6 unspecified atom stereocenters. The quantitative estimate of drug-likeness (QED) is 0.716. The minimum absolute atomic E-state index is 0.0160. The van der Waals surface area contributed by atoms with Crippen LogP contribution in [0.4, 0.5) is 4.39 Å². The van der Waals surface area contributed by atoms with E-state index in [-0.39, 0.29) is 17.9 Å². The first-order valence-corrected chi connectivity index (χ1v) is 11.4. The van der Waals surface area contributed by atoms with Gasteiger partial charge in [-0.25, -0.2) is 9.11 Å². The van der Waals surface area contributed by atoms with E-state index in [9.17, 15) is 18.3 Å². The molecule has 0 aromatic heterocycles. The van der Waals surface area contributed by atoms with E-state index in [1.54, 1.807) is 0 Å². The number of ether oxygens (including phenoxy) is 1. The highest BCUT2D eigenvalue weighted by molar-refractivity contribution is 7.88. The van der Waals surface area contributed by atoms with E-state index in [0.717, 1.165) is 23.6 Å². The summed E-state index contributed by atoms with van der Waals surface area (Å²) in [4.78, 5) is 11.5. The molecule has 1 heterocycles. The maximum atomic E-state index is 15.4. The van der Waals surface area contributed by atoms with E-state index in [0.29, 0.717) is 24.9 Å². The molecule has 0 bridgehead atoms. The van der Waals surface area contributed by atoms with Crippen LogP contribution in [0.2, 0.25) is 0 Å². The van der Waals surface area contributed by atoms with Gasteiger partial charge >= 0.3 is 10.2 Å². The van der Waals surface area contributed by atoms with Crippen molar-refractivity contribution in [3.05, 3.63) is 0 Å². The minimum atomic E-state index is -4.07. The molecule has 0 radical (unpaired) electrons. The van der Waals surface area contributed by atoms with Crippen LogP contribution in [0.15, 0.2) is 0 Å². The molecule has 0 aromatic carbocycles. The Morgan fingerprint density at radius 3 is 2.70 bits per heavy atom. The molecule has 0 aromatic rings. The Morgan fingerprint density at radius 1 is 1.33 bits per heavy atom.